The molecule has 0 spiro atoms. The molecule has 1 aromatic heterocycles. The van der Waals surface area contributed by atoms with E-state index in [9.17, 15) is 22.8 Å². The lowest BCUT2D eigenvalue weighted by molar-refractivity contribution is -0.137. The van der Waals surface area contributed by atoms with Crippen LogP contribution in [0.15, 0.2) is 42.6 Å². The zero-order valence-corrected chi connectivity index (χ0v) is 14.8. The van der Waals surface area contributed by atoms with E-state index in [4.69, 9.17) is 4.74 Å². The molecule has 1 aromatic carbocycles. The second-order valence-corrected chi connectivity index (χ2v) is 6.38. The van der Waals surface area contributed by atoms with Gasteiger partial charge in [0.2, 0.25) is 17.7 Å². The zero-order valence-electron chi connectivity index (χ0n) is 14.8. The lowest BCUT2D eigenvalue weighted by Crippen LogP contribution is -2.33. The summed E-state index contributed by atoms with van der Waals surface area (Å²) in [4.78, 5) is 27.3. The van der Waals surface area contributed by atoms with E-state index in [1.165, 1.54) is 18.3 Å². The molecule has 0 bridgehead atoms. The van der Waals surface area contributed by atoms with Gasteiger partial charge in [0.1, 0.15) is 5.75 Å². The SMILES string of the molecule is O=C(CC1CCC(=O)N1)NCc1cccnc1Oc1cccc(C(F)(F)F)c1. The Balaban J connectivity index is 1.63. The highest BCUT2D eigenvalue weighted by Gasteiger charge is 2.30. The fourth-order valence-corrected chi connectivity index (χ4v) is 2.82. The fourth-order valence-electron chi connectivity index (χ4n) is 2.82. The van der Waals surface area contributed by atoms with Crippen molar-refractivity contribution < 1.29 is 27.5 Å². The second kappa shape index (κ2) is 8.28. The van der Waals surface area contributed by atoms with Crippen LogP contribution in [0.25, 0.3) is 0 Å². The maximum atomic E-state index is 12.8. The Labute approximate surface area is 159 Å². The number of hydrogen-bond donors (Lipinski definition) is 2. The van der Waals surface area contributed by atoms with Crippen LogP contribution in [0.2, 0.25) is 0 Å². The van der Waals surface area contributed by atoms with Gasteiger partial charge in [-0.3, -0.25) is 9.59 Å². The fraction of sp³-hybridized carbons (Fsp3) is 0.316. The number of amides is 2. The summed E-state index contributed by atoms with van der Waals surface area (Å²) < 4.78 is 44.0. The first-order chi connectivity index (χ1) is 13.3. The molecule has 1 saturated heterocycles. The molecule has 1 unspecified atom stereocenters. The number of aromatic nitrogens is 1. The molecule has 0 aliphatic carbocycles. The van der Waals surface area contributed by atoms with E-state index < -0.39 is 11.7 Å². The summed E-state index contributed by atoms with van der Waals surface area (Å²) in [5, 5.41) is 5.43. The van der Waals surface area contributed by atoms with Crippen LogP contribution in [0.3, 0.4) is 0 Å². The van der Waals surface area contributed by atoms with Gasteiger partial charge < -0.3 is 15.4 Å². The molecule has 6 nitrogen and oxygen atoms in total. The molecule has 2 aromatic rings. The molecule has 0 saturated carbocycles. The standard InChI is InChI=1S/C19H18F3N3O3/c20-19(21,22)13-4-1-5-15(9-13)28-18-12(3-2-8-23-18)11-24-17(27)10-14-6-7-16(26)25-14/h1-5,8-9,14H,6-7,10-11H2,(H,24,27)(H,25,26). The van der Waals surface area contributed by atoms with Crippen molar-refractivity contribution in [3.8, 4) is 11.6 Å². The number of carbonyl (C=O) groups excluding carboxylic acids is 2. The summed E-state index contributed by atoms with van der Waals surface area (Å²) in [5.41, 5.74) is -0.307. The zero-order chi connectivity index (χ0) is 20.1. The third-order valence-electron chi connectivity index (χ3n) is 4.22. The highest BCUT2D eigenvalue weighted by molar-refractivity contribution is 5.81. The topological polar surface area (TPSA) is 80.3 Å². The number of nitrogens with one attached hydrogen (secondary N) is 2. The number of hydrogen-bond acceptors (Lipinski definition) is 4. The third kappa shape index (κ3) is 5.21. The number of carbonyl (C=O) groups is 2. The van der Waals surface area contributed by atoms with Crippen molar-refractivity contribution in [2.24, 2.45) is 0 Å². The van der Waals surface area contributed by atoms with E-state index in [0.717, 1.165) is 12.1 Å². The van der Waals surface area contributed by atoms with Crippen molar-refractivity contribution in [2.75, 3.05) is 0 Å². The van der Waals surface area contributed by atoms with Crippen LogP contribution in [0, 0.1) is 0 Å². The minimum atomic E-state index is -4.48. The van der Waals surface area contributed by atoms with Crippen molar-refractivity contribution in [3.63, 3.8) is 0 Å². The van der Waals surface area contributed by atoms with Crippen molar-refractivity contribution in [3.05, 3.63) is 53.7 Å². The first-order valence-corrected chi connectivity index (χ1v) is 8.66. The van der Waals surface area contributed by atoms with Crippen LogP contribution in [0.5, 0.6) is 11.6 Å². The van der Waals surface area contributed by atoms with E-state index in [1.807, 2.05) is 0 Å². The first kappa shape index (κ1) is 19.7. The summed E-state index contributed by atoms with van der Waals surface area (Å²) in [7, 11) is 0. The Bertz CT molecular complexity index is 871. The van der Waals surface area contributed by atoms with E-state index in [2.05, 4.69) is 15.6 Å². The second-order valence-electron chi connectivity index (χ2n) is 6.38. The number of halogens is 3. The van der Waals surface area contributed by atoms with Crippen LogP contribution >= 0.6 is 0 Å². The maximum Gasteiger partial charge on any atom is 0.416 e. The molecule has 2 N–H and O–H groups in total. The number of nitrogens with zero attached hydrogens (tertiary/aromatic N) is 1. The summed E-state index contributed by atoms with van der Waals surface area (Å²) in [6.45, 7) is 0.0988. The molecular formula is C19H18F3N3O3. The molecule has 1 aliphatic rings. The molecule has 1 fully saturated rings. The molecule has 2 heterocycles. The van der Waals surface area contributed by atoms with Crippen LogP contribution < -0.4 is 15.4 Å². The molecule has 148 valence electrons. The quantitative estimate of drug-likeness (QED) is 0.790. The largest absolute Gasteiger partial charge is 0.439 e. The lowest BCUT2D eigenvalue weighted by atomic mass is 10.1. The molecule has 28 heavy (non-hydrogen) atoms. The summed E-state index contributed by atoms with van der Waals surface area (Å²) in [5.74, 6) is -0.214. The maximum absolute atomic E-state index is 12.8. The minimum absolute atomic E-state index is 0.00484. The smallest absolute Gasteiger partial charge is 0.416 e. The molecule has 2 amide bonds. The Morgan fingerprint density at radius 3 is 2.82 bits per heavy atom. The minimum Gasteiger partial charge on any atom is -0.439 e. The van der Waals surface area contributed by atoms with E-state index in [-0.39, 0.29) is 42.5 Å². The van der Waals surface area contributed by atoms with Gasteiger partial charge in [0.05, 0.1) is 5.56 Å². The number of rotatable bonds is 6. The predicted molar refractivity (Wildman–Crippen MR) is 93.4 cm³/mol. The van der Waals surface area contributed by atoms with Gasteiger partial charge in [0.15, 0.2) is 0 Å². The van der Waals surface area contributed by atoms with Gasteiger partial charge in [0, 0.05) is 37.2 Å². The average molecular weight is 393 g/mol. The predicted octanol–water partition coefficient (Wildman–Crippen LogP) is 3.18. The summed E-state index contributed by atoms with van der Waals surface area (Å²) in [6, 6.07) is 7.61. The van der Waals surface area contributed by atoms with Crippen molar-refractivity contribution in [1.29, 1.82) is 0 Å². The van der Waals surface area contributed by atoms with Crippen LogP contribution in [-0.4, -0.2) is 22.8 Å². The summed E-state index contributed by atoms with van der Waals surface area (Å²) >= 11 is 0. The van der Waals surface area contributed by atoms with Gasteiger partial charge in [-0.05, 0) is 30.7 Å². The number of ether oxygens (including phenoxy) is 1. The van der Waals surface area contributed by atoms with Crippen molar-refractivity contribution in [2.45, 2.75) is 38.0 Å². The molecule has 3 rings (SSSR count). The van der Waals surface area contributed by atoms with Crippen LogP contribution in [-0.2, 0) is 22.3 Å². The lowest BCUT2D eigenvalue weighted by Gasteiger charge is -2.13. The van der Waals surface area contributed by atoms with Crippen LogP contribution in [0.1, 0.15) is 30.4 Å². The molecule has 1 atom stereocenters. The highest BCUT2D eigenvalue weighted by Crippen LogP contribution is 2.32. The average Bonchev–Trinajstić information content (AvgIpc) is 3.05. The highest BCUT2D eigenvalue weighted by atomic mass is 19.4. The van der Waals surface area contributed by atoms with Crippen molar-refractivity contribution >= 4 is 11.8 Å². The normalized spacial score (nSPS) is 16.5. The van der Waals surface area contributed by atoms with E-state index in [0.29, 0.717) is 18.4 Å². The summed E-state index contributed by atoms with van der Waals surface area (Å²) in [6.07, 6.45) is -1.84. The van der Waals surface area contributed by atoms with Gasteiger partial charge in [-0.25, -0.2) is 4.98 Å². The molecular weight excluding hydrogens is 375 g/mol. The number of benzene rings is 1. The first-order valence-electron chi connectivity index (χ1n) is 8.66. The number of pyridine rings is 1. The monoisotopic (exact) mass is 393 g/mol. The van der Waals surface area contributed by atoms with Gasteiger partial charge in [-0.1, -0.05) is 12.1 Å². The number of alkyl halides is 3. The van der Waals surface area contributed by atoms with Crippen LogP contribution in [0.4, 0.5) is 13.2 Å². The molecule has 0 radical (unpaired) electrons. The van der Waals surface area contributed by atoms with Gasteiger partial charge in [-0.2, -0.15) is 13.2 Å². The third-order valence-corrected chi connectivity index (χ3v) is 4.22. The molecule has 9 heteroatoms. The Morgan fingerprint density at radius 2 is 2.11 bits per heavy atom. The Morgan fingerprint density at radius 1 is 1.29 bits per heavy atom. The van der Waals surface area contributed by atoms with Crippen molar-refractivity contribution in [1.82, 2.24) is 15.6 Å². The van der Waals surface area contributed by atoms with E-state index >= 15 is 0 Å². The van der Waals surface area contributed by atoms with Gasteiger partial charge in [-0.15, -0.1) is 0 Å². The van der Waals surface area contributed by atoms with Gasteiger partial charge >= 0.3 is 6.18 Å². The van der Waals surface area contributed by atoms with Gasteiger partial charge in [0.25, 0.3) is 0 Å². The van der Waals surface area contributed by atoms with E-state index in [1.54, 1.807) is 12.1 Å². The Hall–Kier alpha value is -3.10. The Kier molecular flexibility index (Phi) is 5.81. The molecule has 1 aliphatic heterocycles.